The molecule has 0 amide bonds. The zero-order valence-electron chi connectivity index (χ0n) is 10.7. The van der Waals surface area contributed by atoms with Gasteiger partial charge >= 0.3 is 0 Å². The van der Waals surface area contributed by atoms with Crippen molar-refractivity contribution in [2.45, 2.75) is 18.5 Å². The van der Waals surface area contributed by atoms with Gasteiger partial charge < -0.3 is 15.3 Å². The Bertz CT molecular complexity index is 522. The Hall–Kier alpha value is -1.87. The lowest BCUT2D eigenvalue weighted by Crippen LogP contribution is -2.12. The fourth-order valence-electron chi connectivity index (χ4n) is 1.43. The number of hydrogen-bond acceptors (Lipinski definition) is 9. The molecule has 0 bridgehead atoms. The molecule has 4 N–H and O–H groups in total. The van der Waals surface area contributed by atoms with Crippen LogP contribution in [-0.2, 0) is 6.42 Å². The van der Waals surface area contributed by atoms with E-state index in [1.54, 1.807) is 13.0 Å². The predicted octanol–water partition coefficient (Wildman–Crippen LogP) is 0.830. The first-order chi connectivity index (χ1) is 9.21. The van der Waals surface area contributed by atoms with Gasteiger partial charge in [-0.2, -0.15) is 4.98 Å². The first-order valence-corrected chi connectivity index (χ1v) is 6.86. The van der Waals surface area contributed by atoms with Crippen molar-refractivity contribution in [2.75, 3.05) is 23.5 Å². The van der Waals surface area contributed by atoms with Crippen molar-refractivity contribution in [3.63, 3.8) is 0 Å². The summed E-state index contributed by atoms with van der Waals surface area (Å²) in [5.41, 5.74) is 2.51. The molecule has 0 spiro atoms. The molecule has 0 aromatic carbocycles. The number of aromatic nitrogens is 4. The van der Waals surface area contributed by atoms with Crippen molar-refractivity contribution in [1.82, 2.24) is 20.1 Å². The molecule has 0 saturated carbocycles. The summed E-state index contributed by atoms with van der Waals surface area (Å²) in [5, 5.41) is 7.64. The average molecular weight is 281 g/mol. The van der Waals surface area contributed by atoms with Crippen LogP contribution >= 0.6 is 11.8 Å². The Morgan fingerprint density at radius 3 is 2.74 bits per heavy atom. The quantitative estimate of drug-likeness (QED) is 0.306. The lowest BCUT2D eigenvalue weighted by molar-refractivity contribution is 0.387. The molecular weight excluding hydrogens is 266 g/mol. The second-order valence-electron chi connectivity index (χ2n) is 3.68. The molecule has 8 nitrogen and oxygen atoms in total. The molecule has 19 heavy (non-hydrogen) atoms. The number of hydrazine groups is 1. The molecule has 2 rings (SSSR count). The number of nitrogens with zero attached hydrogens (tertiary/aromatic N) is 4. The van der Waals surface area contributed by atoms with Crippen LogP contribution in [0.1, 0.15) is 11.7 Å². The van der Waals surface area contributed by atoms with Gasteiger partial charge in [0.1, 0.15) is 11.6 Å². The van der Waals surface area contributed by atoms with E-state index in [4.69, 9.17) is 10.4 Å². The second kappa shape index (κ2) is 6.34. The van der Waals surface area contributed by atoms with Crippen LogP contribution in [0.5, 0.6) is 0 Å². The van der Waals surface area contributed by atoms with E-state index in [0.29, 0.717) is 41.5 Å². The molecule has 9 heteroatoms. The number of aryl methyl sites for hydroxylation is 1. The second-order valence-corrected chi connectivity index (χ2v) is 4.45. The maximum atomic E-state index is 5.36. The zero-order valence-corrected chi connectivity index (χ0v) is 11.5. The number of thioether (sulfide) groups is 1. The van der Waals surface area contributed by atoms with E-state index in [-0.39, 0.29) is 0 Å². The lowest BCUT2D eigenvalue weighted by Gasteiger charge is -2.07. The van der Waals surface area contributed by atoms with Crippen molar-refractivity contribution in [2.24, 2.45) is 5.84 Å². The smallest absolute Gasteiger partial charge is 0.223 e. The Morgan fingerprint density at radius 1 is 1.32 bits per heavy atom. The highest BCUT2D eigenvalue weighted by Gasteiger charge is 2.05. The van der Waals surface area contributed by atoms with Crippen LogP contribution in [0.25, 0.3) is 0 Å². The van der Waals surface area contributed by atoms with Gasteiger partial charge in [-0.05, 0) is 6.26 Å². The minimum absolute atomic E-state index is 0.566. The van der Waals surface area contributed by atoms with Crippen molar-refractivity contribution in [1.29, 1.82) is 0 Å². The first kappa shape index (κ1) is 13.6. The van der Waals surface area contributed by atoms with Gasteiger partial charge in [0.25, 0.3) is 0 Å². The van der Waals surface area contributed by atoms with E-state index in [1.165, 1.54) is 11.8 Å². The molecule has 102 valence electrons. The Kier molecular flexibility index (Phi) is 4.53. The fourth-order valence-corrected chi connectivity index (χ4v) is 1.81. The molecule has 0 aliphatic rings. The third-order valence-electron chi connectivity index (χ3n) is 2.26. The normalized spacial score (nSPS) is 10.5. The third-order valence-corrected chi connectivity index (χ3v) is 2.81. The summed E-state index contributed by atoms with van der Waals surface area (Å²) in [6.07, 6.45) is 2.56. The largest absolute Gasteiger partial charge is 0.369 e. The molecule has 0 atom stereocenters. The van der Waals surface area contributed by atoms with Crippen LogP contribution in [0.3, 0.4) is 0 Å². The number of nitrogens with one attached hydrogen (secondary N) is 2. The Balaban J connectivity index is 1.95. The highest BCUT2D eigenvalue weighted by atomic mass is 32.2. The maximum Gasteiger partial charge on any atom is 0.223 e. The summed E-state index contributed by atoms with van der Waals surface area (Å²) < 4.78 is 4.90. The van der Waals surface area contributed by atoms with E-state index in [2.05, 4.69) is 30.9 Å². The number of hydrogen-bond donors (Lipinski definition) is 3. The molecule has 0 aliphatic carbocycles. The summed E-state index contributed by atoms with van der Waals surface area (Å²) in [6, 6.07) is 1.74. The molecule has 0 saturated heterocycles. The van der Waals surface area contributed by atoms with E-state index in [1.807, 2.05) is 6.26 Å². The molecule has 0 fully saturated rings. The summed E-state index contributed by atoms with van der Waals surface area (Å²) >= 11 is 1.45. The molecule has 2 heterocycles. The molecule has 2 aromatic rings. The van der Waals surface area contributed by atoms with E-state index >= 15 is 0 Å². The summed E-state index contributed by atoms with van der Waals surface area (Å²) in [6.45, 7) is 2.41. The zero-order chi connectivity index (χ0) is 13.7. The standard InChI is InChI=1S/C10H15N7OS/c1-6-13-7(17-18-6)3-4-12-8-5-9(16-11)15-10(14-8)19-2/h5H,3-4,11H2,1-2H3,(H2,12,14,15,16). The Labute approximate surface area is 114 Å². The van der Waals surface area contributed by atoms with Crippen LogP contribution in [0.2, 0.25) is 0 Å². The average Bonchev–Trinajstić information content (AvgIpc) is 2.84. The van der Waals surface area contributed by atoms with Crippen molar-refractivity contribution in [3.05, 3.63) is 17.8 Å². The predicted molar refractivity (Wildman–Crippen MR) is 72.9 cm³/mol. The van der Waals surface area contributed by atoms with Gasteiger partial charge in [0.15, 0.2) is 11.0 Å². The minimum Gasteiger partial charge on any atom is -0.369 e. The molecule has 0 aliphatic heterocycles. The van der Waals surface area contributed by atoms with Gasteiger partial charge in [-0.3, -0.25) is 0 Å². The van der Waals surface area contributed by atoms with Crippen LogP contribution in [-0.4, -0.2) is 32.9 Å². The number of anilines is 2. The first-order valence-electron chi connectivity index (χ1n) is 5.64. The topological polar surface area (TPSA) is 115 Å². The third kappa shape index (κ3) is 3.80. The van der Waals surface area contributed by atoms with Gasteiger partial charge in [-0.1, -0.05) is 16.9 Å². The highest BCUT2D eigenvalue weighted by Crippen LogP contribution is 2.16. The van der Waals surface area contributed by atoms with Gasteiger partial charge in [0.05, 0.1) is 0 Å². The number of rotatable bonds is 6. The van der Waals surface area contributed by atoms with Crippen molar-refractivity contribution < 1.29 is 4.52 Å². The molecule has 0 unspecified atom stereocenters. The molecule has 2 aromatic heterocycles. The van der Waals surface area contributed by atoms with Crippen LogP contribution in [0.15, 0.2) is 15.7 Å². The fraction of sp³-hybridized carbons (Fsp3) is 0.400. The van der Waals surface area contributed by atoms with Gasteiger partial charge in [0.2, 0.25) is 5.89 Å². The van der Waals surface area contributed by atoms with Crippen LogP contribution in [0.4, 0.5) is 11.6 Å². The molecular formula is C10H15N7OS. The van der Waals surface area contributed by atoms with Gasteiger partial charge in [-0.15, -0.1) is 0 Å². The monoisotopic (exact) mass is 281 g/mol. The summed E-state index contributed by atoms with van der Waals surface area (Å²) in [4.78, 5) is 12.6. The van der Waals surface area contributed by atoms with Gasteiger partial charge in [-0.25, -0.2) is 15.8 Å². The lowest BCUT2D eigenvalue weighted by atomic mass is 10.4. The van der Waals surface area contributed by atoms with Crippen LogP contribution in [0, 0.1) is 6.92 Å². The van der Waals surface area contributed by atoms with E-state index < -0.39 is 0 Å². The number of nitrogens with two attached hydrogens (primary N) is 1. The van der Waals surface area contributed by atoms with Crippen LogP contribution < -0.4 is 16.6 Å². The Morgan fingerprint density at radius 2 is 2.11 bits per heavy atom. The summed E-state index contributed by atoms with van der Waals surface area (Å²) in [7, 11) is 0. The molecule has 0 radical (unpaired) electrons. The van der Waals surface area contributed by atoms with Crippen molar-refractivity contribution in [3.8, 4) is 0 Å². The van der Waals surface area contributed by atoms with Crippen molar-refractivity contribution >= 4 is 23.4 Å². The van der Waals surface area contributed by atoms with E-state index in [9.17, 15) is 0 Å². The highest BCUT2D eigenvalue weighted by molar-refractivity contribution is 7.98. The van der Waals surface area contributed by atoms with E-state index in [0.717, 1.165) is 0 Å². The van der Waals surface area contributed by atoms with Gasteiger partial charge in [0, 0.05) is 26.0 Å². The SMILES string of the molecule is CSc1nc(NN)cc(NCCc2noc(C)n2)n1. The summed E-state index contributed by atoms with van der Waals surface area (Å²) in [5.74, 6) is 7.86. The minimum atomic E-state index is 0.566. The number of nitrogen functional groups attached to an aromatic ring is 1. The maximum absolute atomic E-state index is 5.36.